The monoisotopic (exact) mass is 275 g/mol. The lowest BCUT2D eigenvalue weighted by molar-refractivity contribution is 0.560. The van der Waals surface area contributed by atoms with Crippen LogP contribution in [-0.4, -0.2) is 6.04 Å². The Bertz CT molecular complexity index is 312. The van der Waals surface area contributed by atoms with Crippen molar-refractivity contribution in [1.82, 2.24) is 0 Å². The Morgan fingerprint density at radius 1 is 1.29 bits per heavy atom. The second kappa shape index (κ2) is 5.04. The highest BCUT2D eigenvalue weighted by atomic mass is 79.9. The van der Waals surface area contributed by atoms with E-state index in [4.69, 9.17) is 11.6 Å². The summed E-state index contributed by atoms with van der Waals surface area (Å²) in [5.41, 5.74) is 1.07. The van der Waals surface area contributed by atoms with Crippen LogP contribution in [0.4, 0.5) is 5.69 Å². The van der Waals surface area contributed by atoms with Crippen molar-refractivity contribution in [1.29, 1.82) is 0 Å². The molecule has 0 saturated carbocycles. The Kier molecular flexibility index (Phi) is 4.27. The Morgan fingerprint density at radius 3 is 2.43 bits per heavy atom. The van der Waals surface area contributed by atoms with Crippen LogP contribution in [0.5, 0.6) is 0 Å². The van der Waals surface area contributed by atoms with Gasteiger partial charge in [0.15, 0.2) is 0 Å². The molecule has 3 heteroatoms. The maximum absolute atomic E-state index is 5.99. The number of halogens is 2. The van der Waals surface area contributed by atoms with Crippen LogP contribution in [0.1, 0.15) is 20.8 Å². The average molecular weight is 277 g/mol. The molecule has 0 spiro atoms. The van der Waals surface area contributed by atoms with Gasteiger partial charge in [0.05, 0.1) is 5.02 Å². The lowest BCUT2D eigenvalue weighted by Crippen LogP contribution is -2.21. The van der Waals surface area contributed by atoms with E-state index in [1.165, 1.54) is 0 Å². The van der Waals surface area contributed by atoms with Crippen molar-refractivity contribution in [2.45, 2.75) is 26.8 Å². The summed E-state index contributed by atoms with van der Waals surface area (Å²) in [4.78, 5) is 0. The molecule has 0 aliphatic rings. The minimum absolute atomic E-state index is 0.451. The van der Waals surface area contributed by atoms with Gasteiger partial charge in [-0.3, -0.25) is 0 Å². The Labute approximate surface area is 99.0 Å². The molecule has 0 bridgehead atoms. The fourth-order valence-electron chi connectivity index (χ4n) is 1.02. The van der Waals surface area contributed by atoms with Crippen LogP contribution in [0.3, 0.4) is 0 Å². The maximum atomic E-state index is 5.99. The normalized spacial score (nSPS) is 13.0. The van der Waals surface area contributed by atoms with E-state index in [-0.39, 0.29) is 0 Å². The molecule has 0 heterocycles. The van der Waals surface area contributed by atoms with E-state index in [9.17, 15) is 0 Å². The van der Waals surface area contributed by atoms with Crippen LogP contribution in [0.25, 0.3) is 0 Å². The summed E-state index contributed by atoms with van der Waals surface area (Å²) < 4.78 is 0.932. The minimum atomic E-state index is 0.451. The Morgan fingerprint density at radius 2 is 1.93 bits per heavy atom. The largest absolute Gasteiger partial charge is 0.382 e. The zero-order valence-corrected chi connectivity index (χ0v) is 11.0. The molecule has 1 rings (SSSR count). The molecule has 0 aromatic heterocycles. The summed E-state index contributed by atoms with van der Waals surface area (Å²) in [6, 6.07) is 6.36. The second-order valence-corrected chi connectivity index (χ2v) is 5.07. The molecule has 78 valence electrons. The molecular weight excluding hydrogens is 261 g/mol. The van der Waals surface area contributed by atoms with Gasteiger partial charge in [0.2, 0.25) is 0 Å². The van der Waals surface area contributed by atoms with Crippen molar-refractivity contribution < 1.29 is 0 Å². The topological polar surface area (TPSA) is 12.0 Å². The lowest BCUT2D eigenvalue weighted by Gasteiger charge is -2.19. The first-order valence-electron chi connectivity index (χ1n) is 4.72. The van der Waals surface area contributed by atoms with E-state index in [0.29, 0.717) is 12.0 Å². The number of hydrogen-bond acceptors (Lipinski definition) is 1. The van der Waals surface area contributed by atoms with E-state index in [1.54, 1.807) is 0 Å². The molecule has 0 fully saturated rings. The van der Waals surface area contributed by atoms with Crippen molar-refractivity contribution >= 4 is 33.2 Å². The fourth-order valence-corrected chi connectivity index (χ4v) is 1.44. The third-order valence-electron chi connectivity index (χ3n) is 2.31. The predicted molar refractivity (Wildman–Crippen MR) is 67.1 cm³/mol. The summed E-state index contributed by atoms with van der Waals surface area (Å²) in [7, 11) is 0. The van der Waals surface area contributed by atoms with E-state index in [1.807, 2.05) is 18.2 Å². The van der Waals surface area contributed by atoms with Crippen LogP contribution < -0.4 is 5.32 Å². The van der Waals surface area contributed by atoms with Crippen LogP contribution in [0.15, 0.2) is 22.7 Å². The molecular formula is C11H15BrClN. The van der Waals surface area contributed by atoms with Crippen molar-refractivity contribution in [3.8, 4) is 0 Å². The molecule has 1 N–H and O–H groups in total. The molecule has 1 unspecified atom stereocenters. The molecule has 0 radical (unpaired) electrons. The molecule has 1 atom stereocenters. The van der Waals surface area contributed by atoms with Crippen molar-refractivity contribution in [3.05, 3.63) is 27.7 Å². The smallest absolute Gasteiger partial charge is 0.0568 e. The number of nitrogens with one attached hydrogen (secondary N) is 1. The van der Waals surface area contributed by atoms with Crippen molar-refractivity contribution in [2.24, 2.45) is 5.92 Å². The highest BCUT2D eigenvalue weighted by molar-refractivity contribution is 9.10. The fraction of sp³-hybridized carbons (Fsp3) is 0.455. The summed E-state index contributed by atoms with van der Waals surface area (Å²) in [6.45, 7) is 6.55. The molecule has 14 heavy (non-hydrogen) atoms. The zero-order valence-electron chi connectivity index (χ0n) is 8.64. The number of rotatable bonds is 3. The average Bonchev–Trinajstić information content (AvgIpc) is 2.11. The van der Waals surface area contributed by atoms with E-state index >= 15 is 0 Å². The molecule has 0 aliphatic heterocycles. The standard InChI is InChI=1S/C11H15BrClN/c1-7(2)8(3)14-9-4-5-10(12)11(13)6-9/h4-8,14H,1-3H3. The highest BCUT2D eigenvalue weighted by Gasteiger charge is 2.07. The molecule has 1 aromatic rings. The van der Waals surface area contributed by atoms with Gasteiger partial charge in [0.25, 0.3) is 0 Å². The Hall–Kier alpha value is -0.210. The quantitative estimate of drug-likeness (QED) is 0.853. The third-order valence-corrected chi connectivity index (χ3v) is 3.55. The van der Waals surface area contributed by atoms with Gasteiger partial charge >= 0.3 is 0 Å². The summed E-state index contributed by atoms with van der Waals surface area (Å²) >= 11 is 9.35. The summed E-state index contributed by atoms with van der Waals surface area (Å²) in [5.74, 6) is 0.609. The van der Waals surface area contributed by atoms with Gasteiger partial charge in [-0.05, 0) is 47.0 Å². The first-order valence-corrected chi connectivity index (χ1v) is 5.89. The van der Waals surface area contributed by atoms with Gasteiger partial charge in [-0.25, -0.2) is 0 Å². The van der Waals surface area contributed by atoms with E-state index < -0.39 is 0 Å². The van der Waals surface area contributed by atoms with Crippen LogP contribution >= 0.6 is 27.5 Å². The highest BCUT2D eigenvalue weighted by Crippen LogP contribution is 2.26. The van der Waals surface area contributed by atoms with Gasteiger partial charge in [-0.2, -0.15) is 0 Å². The molecule has 0 aliphatic carbocycles. The van der Waals surface area contributed by atoms with Crippen LogP contribution in [0, 0.1) is 5.92 Å². The van der Waals surface area contributed by atoms with Crippen LogP contribution in [-0.2, 0) is 0 Å². The van der Waals surface area contributed by atoms with Gasteiger partial charge in [-0.1, -0.05) is 25.4 Å². The number of benzene rings is 1. The van der Waals surface area contributed by atoms with E-state index in [2.05, 4.69) is 42.0 Å². The minimum Gasteiger partial charge on any atom is -0.382 e. The summed E-state index contributed by atoms with van der Waals surface area (Å²) in [6.07, 6.45) is 0. The first kappa shape index (κ1) is 11.9. The maximum Gasteiger partial charge on any atom is 0.0568 e. The lowest BCUT2D eigenvalue weighted by atomic mass is 10.1. The first-order chi connectivity index (χ1) is 6.50. The van der Waals surface area contributed by atoms with Crippen molar-refractivity contribution in [2.75, 3.05) is 5.32 Å². The number of hydrogen-bond donors (Lipinski definition) is 1. The molecule has 0 amide bonds. The predicted octanol–water partition coefficient (Wildman–Crippen LogP) is 4.56. The van der Waals surface area contributed by atoms with Gasteiger partial charge in [0, 0.05) is 16.2 Å². The molecule has 0 saturated heterocycles. The molecule has 1 nitrogen and oxygen atoms in total. The van der Waals surface area contributed by atoms with Crippen LogP contribution in [0.2, 0.25) is 5.02 Å². The zero-order chi connectivity index (χ0) is 10.7. The Balaban J connectivity index is 2.73. The second-order valence-electron chi connectivity index (χ2n) is 3.81. The molecule has 1 aromatic carbocycles. The SMILES string of the molecule is CC(C)C(C)Nc1ccc(Br)c(Cl)c1. The third kappa shape index (κ3) is 3.18. The van der Waals surface area contributed by atoms with Gasteiger partial charge in [0.1, 0.15) is 0 Å². The van der Waals surface area contributed by atoms with Gasteiger partial charge in [-0.15, -0.1) is 0 Å². The van der Waals surface area contributed by atoms with Gasteiger partial charge < -0.3 is 5.32 Å². The van der Waals surface area contributed by atoms with Crippen molar-refractivity contribution in [3.63, 3.8) is 0 Å². The summed E-state index contributed by atoms with van der Waals surface area (Å²) in [5, 5.41) is 4.15. The number of anilines is 1. The van der Waals surface area contributed by atoms with E-state index in [0.717, 1.165) is 15.2 Å².